The first-order valence-corrected chi connectivity index (χ1v) is 7.26. The van der Waals surface area contributed by atoms with Crippen LogP contribution < -0.4 is 0 Å². The van der Waals surface area contributed by atoms with Gasteiger partial charge in [0.1, 0.15) is 0 Å². The van der Waals surface area contributed by atoms with E-state index in [9.17, 15) is 4.79 Å². The number of hydrogen-bond donors (Lipinski definition) is 1. The Morgan fingerprint density at radius 2 is 2.21 bits per heavy atom. The lowest BCUT2D eigenvalue weighted by molar-refractivity contribution is 0.0621. The molecule has 0 bridgehead atoms. The summed E-state index contributed by atoms with van der Waals surface area (Å²) in [4.78, 5) is 15.0. The van der Waals surface area contributed by atoms with Gasteiger partial charge < -0.3 is 10.0 Å². The molecule has 0 saturated heterocycles. The van der Waals surface area contributed by atoms with Crippen molar-refractivity contribution in [3.63, 3.8) is 0 Å². The molecular formula is C15H21NO2S. The third-order valence-electron chi connectivity index (χ3n) is 3.37. The molecule has 4 heteroatoms. The minimum absolute atomic E-state index is 0.0262. The number of hydrogen-bond acceptors (Lipinski definition) is 3. The van der Waals surface area contributed by atoms with E-state index >= 15 is 0 Å². The van der Waals surface area contributed by atoms with Gasteiger partial charge in [-0.1, -0.05) is 18.8 Å². The van der Waals surface area contributed by atoms with E-state index in [4.69, 9.17) is 5.11 Å². The van der Waals surface area contributed by atoms with E-state index < -0.39 is 0 Å². The summed E-state index contributed by atoms with van der Waals surface area (Å²) in [6, 6.07) is 1.82. The Morgan fingerprint density at radius 1 is 1.53 bits per heavy atom. The van der Waals surface area contributed by atoms with Gasteiger partial charge in [0.15, 0.2) is 0 Å². The maximum Gasteiger partial charge on any atom is 0.254 e. The number of carbonyl (C=O) groups excluding carboxylic acids is 1. The Labute approximate surface area is 119 Å². The average Bonchev–Trinajstić information content (AvgIpc) is 2.86. The molecule has 0 unspecified atom stereocenters. The summed E-state index contributed by atoms with van der Waals surface area (Å²) < 4.78 is 0. The van der Waals surface area contributed by atoms with Crippen LogP contribution >= 0.6 is 11.3 Å². The highest BCUT2D eigenvalue weighted by molar-refractivity contribution is 7.10. The standard InChI is InChI=1S/C15H21NO2S/c1-5-15(2,3)16(4)14(18)12-10-13(19-11-12)8-6-7-9-17/h10-11,17H,5,7,9H2,1-4H3. The summed E-state index contributed by atoms with van der Waals surface area (Å²) in [5.41, 5.74) is 0.532. The van der Waals surface area contributed by atoms with Crippen molar-refractivity contribution >= 4 is 17.2 Å². The van der Waals surface area contributed by atoms with Gasteiger partial charge in [-0.3, -0.25) is 4.79 Å². The summed E-state index contributed by atoms with van der Waals surface area (Å²) in [5.74, 6) is 5.84. The predicted molar refractivity (Wildman–Crippen MR) is 79.4 cm³/mol. The molecule has 1 rings (SSSR count). The van der Waals surface area contributed by atoms with E-state index in [-0.39, 0.29) is 18.1 Å². The van der Waals surface area contributed by atoms with Gasteiger partial charge in [0.25, 0.3) is 5.91 Å². The van der Waals surface area contributed by atoms with Crippen LogP contribution in [0.25, 0.3) is 0 Å². The van der Waals surface area contributed by atoms with Crippen LogP contribution in [-0.4, -0.2) is 35.1 Å². The summed E-state index contributed by atoms with van der Waals surface area (Å²) in [5, 5.41) is 10.5. The van der Waals surface area contributed by atoms with Crippen molar-refractivity contribution in [1.82, 2.24) is 4.90 Å². The molecule has 0 aliphatic rings. The second-order valence-corrected chi connectivity index (χ2v) is 5.92. The van der Waals surface area contributed by atoms with Crippen molar-refractivity contribution in [2.45, 2.75) is 39.2 Å². The molecular weight excluding hydrogens is 258 g/mol. The molecule has 0 fully saturated rings. The minimum Gasteiger partial charge on any atom is -0.395 e. The lowest BCUT2D eigenvalue weighted by Gasteiger charge is -2.34. The number of amides is 1. The van der Waals surface area contributed by atoms with Gasteiger partial charge in [0.2, 0.25) is 0 Å². The van der Waals surface area contributed by atoms with E-state index in [0.29, 0.717) is 12.0 Å². The van der Waals surface area contributed by atoms with E-state index in [1.54, 1.807) is 4.90 Å². The van der Waals surface area contributed by atoms with Crippen molar-refractivity contribution in [1.29, 1.82) is 0 Å². The van der Waals surface area contributed by atoms with Crippen molar-refractivity contribution in [2.24, 2.45) is 0 Å². The second kappa shape index (κ2) is 6.74. The van der Waals surface area contributed by atoms with E-state index in [1.165, 1.54) is 11.3 Å². The quantitative estimate of drug-likeness (QED) is 0.861. The maximum absolute atomic E-state index is 12.3. The number of nitrogens with zero attached hydrogens (tertiary/aromatic N) is 1. The fourth-order valence-corrected chi connectivity index (χ4v) is 2.17. The van der Waals surface area contributed by atoms with Crippen LogP contribution in [0.15, 0.2) is 11.4 Å². The van der Waals surface area contributed by atoms with Crippen LogP contribution in [0.2, 0.25) is 0 Å². The van der Waals surface area contributed by atoms with Crippen LogP contribution in [0.4, 0.5) is 0 Å². The van der Waals surface area contributed by atoms with Gasteiger partial charge >= 0.3 is 0 Å². The fourth-order valence-electron chi connectivity index (χ4n) is 1.43. The Kier molecular flexibility index (Phi) is 5.59. The third-order valence-corrected chi connectivity index (χ3v) is 4.22. The lowest BCUT2D eigenvalue weighted by Crippen LogP contribution is -2.44. The number of aliphatic hydroxyl groups excluding tert-OH is 1. The van der Waals surface area contributed by atoms with Crippen LogP contribution in [0.1, 0.15) is 48.8 Å². The largest absolute Gasteiger partial charge is 0.395 e. The highest BCUT2D eigenvalue weighted by atomic mass is 32.1. The van der Waals surface area contributed by atoms with Crippen LogP contribution in [0.3, 0.4) is 0 Å². The Morgan fingerprint density at radius 3 is 2.79 bits per heavy atom. The second-order valence-electron chi connectivity index (χ2n) is 5.01. The molecule has 0 radical (unpaired) electrons. The zero-order chi connectivity index (χ0) is 14.5. The zero-order valence-corrected chi connectivity index (χ0v) is 12.8. The van der Waals surface area contributed by atoms with Crippen LogP contribution in [0, 0.1) is 11.8 Å². The van der Waals surface area contributed by atoms with Gasteiger partial charge in [-0.05, 0) is 26.3 Å². The SMILES string of the molecule is CCC(C)(C)N(C)C(=O)c1csc(C#CCCO)c1. The van der Waals surface area contributed by atoms with Crippen molar-refractivity contribution in [3.05, 3.63) is 21.9 Å². The number of rotatable bonds is 4. The monoisotopic (exact) mass is 279 g/mol. The molecule has 0 aliphatic carbocycles. The summed E-state index contributed by atoms with van der Waals surface area (Å²) in [7, 11) is 1.83. The summed E-state index contributed by atoms with van der Waals surface area (Å²) >= 11 is 1.46. The molecule has 19 heavy (non-hydrogen) atoms. The molecule has 3 nitrogen and oxygen atoms in total. The fraction of sp³-hybridized carbons (Fsp3) is 0.533. The number of aliphatic hydroxyl groups is 1. The minimum atomic E-state index is -0.151. The van der Waals surface area contributed by atoms with E-state index in [1.807, 2.05) is 18.5 Å². The number of carbonyl (C=O) groups is 1. The van der Waals surface area contributed by atoms with Crippen molar-refractivity contribution in [3.8, 4) is 11.8 Å². The van der Waals surface area contributed by atoms with Crippen LogP contribution in [0.5, 0.6) is 0 Å². The lowest BCUT2D eigenvalue weighted by atomic mass is 9.99. The van der Waals surface area contributed by atoms with Gasteiger partial charge in [-0.2, -0.15) is 0 Å². The van der Waals surface area contributed by atoms with E-state index in [2.05, 4.69) is 32.6 Å². The van der Waals surface area contributed by atoms with Gasteiger partial charge in [-0.25, -0.2) is 0 Å². The first-order chi connectivity index (χ1) is 8.92. The Bertz CT molecular complexity index is 494. The maximum atomic E-state index is 12.3. The first-order valence-electron chi connectivity index (χ1n) is 6.38. The molecule has 0 aliphatic heterocycles. The molecule has 0 atom stereocenters. The van der Waals surface area contributed by atoms with Crippen molar-refractivity contribution in [2.75, 3.05) is 13.7 Å². The van der Waals surface area contributed by atoms with Gasteiger partial charge in [-0.15, -0.1) is 11.3 Å². The molecule has 1 aromatic heterocycles. The van der Waals surface area contributed by atoms with Crippen LogP contribution in [-0.2, 0) is 0 Å². The summed E-state index contributed by atoms with van der Waals surface area (Å²) in [6.07, 6.45) is 1.37. The smallest absolute Gasteiger partial charge is 0.254 e. The molecule has 1 heterocycles. The van der Waals surface area contributed by atoms with Gasteiger partial charge in [0.05, 0.1) is 17.0 Å². The first kappa shape index (κ1) is 15.7. The average molecular weight is 279 g/mol. The molecule has 0 saturated carbocycles. The highest BCUT2D eigenvalue weighted by Crippen LogP contribution is 2.21. The summed E-state index contributed by atoms with van der Waals surface area (Å²) in [6.45, 7) is 6.25. The highest BCUT2D eigenvalue weighted by Gasteiger charge is 2.26. The Balaban J connectivity index is 2.82. The molecule has 0 spiro atoms. The predicted octanol–water partition coefficient (Wildman–Crippen LogP) is 2.74. The zero-order valence-electron chi connectivity index (χ0n) is 12.0. The van der Waals surface area contributed by atoms with Crippen molar-refractivity contribution < 1.29 is 9.90 Å². The molecule has 1 N–H and O–H groups in total. The van der Waals surface area contributed by atoms with E-state index in [0.717, 1.165) is 11.3 Å². The topological polar surface area (TPSA) is 40.5 Å². The Hall–Kier alpha value is -1.31. The third kappa shape index (κ3) is 4.09. The normalized spacial score (nSPS) is 10.8. The van der Waals surface area contributed by atoms with Gasteiger partial charge in [0, 0.05) is 24.4 Å². The molecule has 104 valence electrons. The molecule has 1 aromatic rings. The molecule has 1 amide bonds. The molecule has 0 aromatic carbocycles. The number of thiophene rings is 1.